The predicted octanol–water partition coefficient (Wildman–Crippen LogP) is 0.602. The molecule has 0 saturated heterocycles. The minimum Gasteiger partial charge on any atom is -0.481 e. The zero-order valence-corrected chi connectivity index (χ0v) is 9.56. The Morgan fingerprint density at radius 2 is 1.13 bits per heavy atom. The molecule has 0 rings (SSSR count). The molecule has 0 amide bonds. The van der Waals surface area contributed by atoms with E-state index in [2.05, 4.69) is 0 Å². The molecule has 0 atom stereocenters. The molecule has 0 aliphatic heterocycles. The van der Waals surface area contributed by atoms with Gasteiger partial charge in [0.1, 0.15) is 0 Å². The SMILES string of the molecule is CCC(=O)O.CCC(=O)O.CCC(N)N. The molecule has 92 valence electrons. The number of aliphatic carboxylic acids is 2. The van der Waals surface area contributed by atoms with Crippen LogP contribution in [0.2, 0.25) is 0 Å². The second-order valence-electron chi connectivity index (χ2n) is 2.57. The van der Waals surface area contributed by atoms with Gasteiger partial charge in [0, 0.05) is 12.8 Å². The Morgan fingerprint density at radius 3 is 1.13 bits per heavy atom. The fourth-order valence-electron chi connectivity index (χ4n) is 0. The van der Waals surface area contributed by atoms with E-state index in [0.29, 0.717) is 0 Å². The lowest BCUT2D eigenvalue weighted by molar-refractivity contribution is -0.137. The number of carboxylic acids is 2. The lowest BCUT2D eigenvalue weighted by atomic mass is 10.4. The van der Waals surface area contributed by atoms with Gasteiger partial charge in [-0.3, -0.25) is 9.59 Å². The van der Waals surface area contributed by atoms with Crippen molar-refractivity contribution in [2.75, 3.05) is 0 Å². The Kier molecular flexibility index (Phi) is 19.9. The van der Waals surface area contributed by atoms with Crippen molar-refractivity contribution in [2.24, 2.45) is 11.5 Å². The summed E-state index contributed by atoms with van der Waals surface area (Å²) in [4.78, 5) is 18.7. The Bertz CT molecular complexity index is 146. The van der Waals surface area contributed by atoms with Gasteiger partial charge in [-0.2, -0.15) is 0 Å². The normalized spacial score (nSPS) is 8.13. The maximum atomic E-state index is 9.37. The summed E-state index contributed by atoms with van der Waals surface area (Å²) in [7, 11) is 0. The van der Waals surface area contributed by atoms with Crippen LogP contribution in [0.5, 0.6) is 0 Å². The van der Waals surface area contributed by atoms with Crippen LogP contribution in [0.15, 0.2) is 0 Å². The van der Waals surface area contributed by atoms with Crippen LogP contribution in [0, 0.1) is 0 Å². The summed E-state index contributed by atoms with van der Waals surface area (Å²) < 4.78 is 0. The number of carbonyl (C=O) groups is 2. The molecule has 0 spiro atoms. The van der Waals surface area contributed by atoms with Crippen molar-refractivity contribution in [3.63, 3.8) is 0 Å². The number of nitrogens with two attached hydrogens (primary N) is 2. The smallest absolute Gasteiger partial charge is 0.303 e. The van der Waals surface area contributed by atoms with Crippen LogP contribution in [0.3, 0.4) is 0 Å². The van der Waals surface area contributed by atoms with Gasteiger partial charge in [0.05, 0.1) is 6.17 Å². The van der Waals surface area contributed by atoms with E-state index in [4.69, 9.17) is 21.7 Å². The summed E-state index contributed by atoms with van der Waals surface area (Å²) in [6.07, 6.45) is 1.19. The summed E-state index contributed by atoms with van der Waals surface area (Å²) in [5, 5.41) is 15.4. The average Bonchev–Trinajstić information content (AvgIpc) is 2.19. The van der Waals surface area contributed by atoms with Gasteiger partial charge >= 0.3 is 11.9 Å². The lowest BCUT2D eigenvalue weighted by Crippen LogP contribution is -2.28. The molecular weight excluding hydrogens is 200 g/mol. The van der Waals surface area contributed by atoms with Crippen molar-refractivity contribution < 1.29 is 19.8 Å². The number of carboxylic acid groups (broad SMARTS) is 2. The zero-order valence-electron chi connectivity index (χ0n) is 9.56. The summed E-state index contributed by atoms with van der Waals surface area (Å²) in [6.45, 7) is 5.15. The molecule has 6 nitrogen and oxygen atoms in total. The first-order valence-corrected chi connectivity index (χ1v) is 4.76. The summed E-state index contributed by atoms with van der Waals surface area (Å²) in [5.41, 5.74) is 10.1. The highest BCUT2D eigenvalue weighted by Gasteiger charge is 1.81. The van der Waals surface area contributed by atoms with E-state index in [1.165, 1.54) is 0 Å². The third kappa shape index (κ3) is 64.2. The van der Waals surface area contributed by atoms with Gasteiger partial charge in [0.25, 0.3) is 0 Å². The molecule has 0 aliphatic carbocycles. The Balaban J connectivity index is -0.000000144. The van der Waals surface area contributed by atoms with E-state index in [9.17, 15) is 9.59 Å². The Morgan fingerprint density at radius 1 is 1.00 bits per heavy atom. The van der Waals surface area contributed by atoms with Crippen molar-refractivity contribution in [3.05, 3.63) is 0 Å². The van der Waals surface area contributed by atoms with Crippen LogP contribution in [0.4, 0.5) is 0 Å². The van der Waals surface area contributed by atoms with E-state index in [-0.39, 0.29) is 19.0 Å². The standard InChI is InChI=1S/C3H10N2.2C3H6O2/c3*1-2-3(4)5/h3H,2,4-5H2,1H3;2*2H2,1H3,(H,4,5). The molecule has 6 heteroatoms. The number of rotatable bonds is 3. The molecule has 0 unspecified atom stereocenters. The summed E-state index contributed by atoms with van der Waals surface area (Å²) in [5.74, 6) is -1.49. The highest BCUT2D eigenvalue weighted by molar-refractivity contribution is 5.66. The molecule has 0 aromatic carbocycles. The van der Waals surface area contributed by atoms with E-state index in [0.717, 1.165) is 6.42 Å². The Hall–Kier alpha value is -1.14. The maximum absolute atomic E-state index is 9.37. The second-order valence-corrected chi connectivity index (χ2v) is 2.57. The molecular formula is C9H22N2O4. The van der Waals surface area contributed by atoms with Crippen LogP contribution in [-0.2, 0) is 9.59 Å². The third-order valence-corrected chi connectivity index (χ3v) is 1.08. The van der Waals surface area contributed by atoms with Crippen LogP contribution < -0.4 is 11.5 Å². The zero-order chi connectivity index (χ0) is 12.9. The predicted molar refractivity (Wildman–Crippen MR) is 58.3 cm³/mol. The molecule has 0 radical (unpaired) electrons. The van der Waals surface area contributed by atoms with Gasteiger partial charge in [-0.05, 0) is 6.42 Å². The summed E-state index contributed by atoms with van der Waals surface area (Å²) in [6, 6.07) is 0. The topological polar surface area (TPSA) is 127 Å². The first kappa shape index (κ1) is 19.4. The molecule has 6 N–H and O–H groups in total. The Labute approximate surface area is 90.3 Å². The van der Waals surface area contributed by atoms with E-state index in [1.54, 1.807) is 13.8 Å². The molecule has 0 aliphatic rings. The summed E-state index contributed by atoms with van der Waals surface area (Å²) >= 11 is 0. The lowest BCUT2D eigenvalue weighted by Gasteiger charge is -1.92. The van der Waals surface area contributed by atoms with Gasteiger partial charge in [-0.15, -0.1) is 0 Å². The first-order chi connectivity index (χ1) is 6.81. The molecule has 0 bridgehead atoms. The van der Waals surface area contributed by atoms with E-state index >= 15 is 0 Å². The van der Waals surface area contributed by atoms with Crippen molar-refractivity contribution >= 4 is 11.9 Å². The quantitative estimate of drug-likeness (QED) is 0.518. The molecule has 0 aromatic rings. The average molecular weight is 222 g/mol. The van der Waals surface area contributed by atoms with Crippen LogP contribution in [0.1, 0.15) is 40.0 Å². The molecule has 0 saturated carbocycles. The second kappa shape index (κ2) is 15.3. The minimum atomic E-state index is -0.745. The van der Waals surface area contributed by atoms with Gasteiger partial charge < -0.3 is 21.7 Å². The molecule has 0 aromatic heterocycles. The van der Waals surface area contributed by atoms with Crippen LogP contribution >= 0.6 is 0 Å². The van der Waals surface area contributed by atoms with Crippen molar-refractivity contribution in [1.29, 1.82) is 0 Å². The van der Waals surface area contributed by atoms with Gasteiger partial charge in [-0.1, -0.05) is 20.8 Å². The molecule has 15 heavy (non-hydrogen) atoms. The molecule has 0 heterocycles. The van der Waals surface area contributed by atoms with E-state index < -0.39 is 11.9 Å². The van der Waals surface area contributed by atoms with Crippen LogP contribution in [0.25, 0.3) is 0 Å². The van der Waals surface area contributed by atoms with Gasteiger partial charge in [-0.25, -0.2) is 0 Å². The van der Waals surface area contributed by atoms with E-state index in [1.807, 2.05) is 6.92 Å². The van der Waals surface area contributed by atoms with Crippen molar-refractivity contribution in [3.8, 4) is 0 Å². The molecule has 0 fully saturated rings. The van der Waals surface area contributed by atoms with Gasteiger partial charge in [0.15, 0.2) is 0 Å². The largest absolute Gasteiger partial charge is 0.481 e. The fraction of sp³-hybridized carbons (Fsp3) is 0.778. The monoisotopic (exact) mass is 222 g/mol. The minimum absolute atomic E-state index is 0.116. The fourth-order valence-corrected chi connectivity index (χ4v) is 0. The van der Waals surface area contributed by atoms with Crippen LogP contribution in [-0.4, -0.2) is 28.3 Å². The van der Waals surface area contributed by atoms with Crippen molar-refractivity contribution in [1.82, 2.24) is 0 Å². The number of hydrogen-bond donors (Lipinski definition) is 4. The van der Waals surface area contributed by atoms with Crippen molar-refractivity contribution in [2.45, 2.75) is 46.2 Å². The number of hydrogen-bond acceptors (Lipinski definition) is 4. The third-order valence-electron chi connectivity index (χ3n) is 1.08. The first-order valence-electron chi connectivity index (χ1n) is 4.76. The van der Waals surface area contributed by atoms with Gasteiger partial charge in [0.2, 0.25) is 0 Å². The highest BCUT2D eigenvalue weighted by atomic mass is 16.4. The highest BCUT2D eigenvalue weighted by Crippen LogP contribution is 1.68. The maximum Gasteiger partial charge on any atom is 0.303 e.